The highest BCUT2D eigenvalue weighted by Crippen LogP contribution is 2.25. The number of amides is 1. The van der Waals surface area contributed by atoms with Crippen LogP contribution in [0.4, 0.5) is 0 Å². The van der Waals surface area contributed by atoms with E-state index in [1.165, 1.54) is 11.8 Å². The van der Waals surface area contributed by atoms with Crippen LogP contribution in [0.5, 0.6) is 5.75 Å². The van der Waals surface area contributed by atoms with Gasteiger partial charge in [-0.25, -0.2) is 0 Å². The van der Waals surface area contributed by atoms with Gasteiger partial charge in [0.15, 0.2) is 0 Å². The van der Waals surface area contributed by atoms with Crippen molar-refractivity contribution in [2.24, 2.45) is 5.73 Å². The SMILES string of the molecule is COc1ccc(SC(C)C(=O)NC(C)(C)CN)cc1.Cl. The van der Waals surface area contributed by atoms with Gasteiger partial charge in [-0.1, -0.05) is 0 Å². The van der Waals surface area contributed by atoms with Crippen LogP contribution in [-0.4, -0.2) is 30.4 Å². The first-order valence-corrected chi connectivity index (χ1v) is 7.09. The summed E-state index contributed by atoms with van der Waals surface area (Å²) in [4.78, 5) is 13.1. The lowest BCUT2D eigenvalue weighted by molar-refractivity contribution is -0.121. The lowest BCUT2D eigenvalue weighted by atomic mass is 10.1. The molecule has 0 fully saturated rings. The molecule has 6 heteroatoms. The van der Waals surface area contributed by atoms with Crippen LogP contribution in [0.2, 0.25) is 0 Å². The predicted octanol–water partition coefficient (Wildman–Crippen LogP) is 2.45. The van der Waals surface area contributed by atoms with Crippen molar-refractivity contribution in [3.05, 3.63) is 24.3 Å². The van der Waals surface area contributed by atoms with E-state index in [2.05, 4.69) is 5.32 Å². The van der Waals surface area contributed by atoms with Gasteiger partial charge in [0.1, 0.15) is 5.75 Å². The van der Waals surface area contributed by atoms with Crippen molar-refractivity contribution in [2.75, 3.05) is 13.7 Å². The van der Waals surface area contributed by atoms with E-state index in [4.69, 9.17) is 10.5 Å². The number of halogens is 1. The van der Waals surface area contributed by atoms with Crippen molar-refractivity contribution in [3.63, 3.8) is 0 Å². The third-order valence-electron chi connectivity index (χ3n) is 2.71. The molecule has 0 radical (unpaired) electrons. The molecular formula is C14H23ClN2O2S. The maximum atomic E-state index is 12.0. The van der Waals surface area contributed by atoms with Gasteiger partial charge in [-0.2, -0.15) is 0 Å². The highest BCUT2D eigenvalue weighted by atomic mass is 35.5. The zero-order chi connectivity index (χ0) is 14.5. The van der Waals surface area contributed by atoms with E-state index in [9.17, 15) is 4.79 Å². The number of nitrogens with one attached hydrogen (secondary N) is 1. The van der Waals surface area contributed by atoms with Crippen molar-refractivity contribution in [3.8, 4) is 5.75 Å². The van der Waals surface area contributed by atoms with E-state index in [0.29, 0.717) is 6.54 Å². The second kappa shape index (κ2) is 8.39. The Labute approximate surface area is 131 Å². The molecule has 3 N–H and O–H groups in total. The molecule has 1 rings (SSSR count). The molecule has 1 aromatic carbocycles. The number of hydrogen-bond donors (Lipinski definition) is 2. The van der Waals surface area contributed by atoms with Crippen LogP contribution >= 0.6 is 24.2 Å². The summed E-state index contributed by atoms with van der Waals surface area (Å²) < 4.78 is 5.10. The summed E-state index contributed by atoms with van der Waals surface area (Å²) in [6.07, 6.45) is 0. The van der Waals surface area contributed by atoms with Crippen LogP contribution in [0.1, 0.15) is 20.8 Å². The second-order valence-electron chi connectivity index (χ2n) is 5.01. The monoisotopic (exact) mass is 318 g/mol. The van der Waals surface area contributed by atoms with Crippen molar-refractivity contribution in [1.82, 2.24) is 5.32 Å². The van der Waals surface area contributed by atoms with Gasteiger partial charge in [-0.3, -0.25) is 4.79 Å². The molecule has 0 heterocycles. The molecule has 1 unspecified atom stereocenters. The number of carbonyl (C=O) groups is 1. The summed E-state index contributed by atoms with van der Waals surface area (Å²) in [5, 5.41) is 2.77. The van der Waals surface area contributed by atoms with Crippen LogP contribution in [0.25, 0.3) is 0 Å². The summed E-state index contributed by atoms with van der Waals surface area (Å²) in [6, 6.07) is 7.66. The number of rotatable bonds is 6. The maximum Gasteiger partial charge on any atom is 0.233 e. The topological polar surface area (TPSA) is 64.3 Å². The highest BCUT2D eigenvalue weighted by Gasteiger charge is 2.22. The molecule has 4 nitrogen and oxygen atoms in total. The molecule has 0 spiro atoms. The number of benzene rings is 1. The Kier molecular flexibility index (Phi) is 8.01. The smallest absolute Gasteiger partial charge is 0.233 e. The van der Waals surface area contributed by atoms with Crippen molar-refractivity contribution < 1.29 is 9.53 Å². The molecule has 0 saturated carbocycles. The summed E-state index contributed by atoms with van der Waals surface area (Å²) in [6.45, 7) is 6.13. The average molecular weight is 319 g/mol. The Bertz CT molecular complexity index is 424. The molecule has 0 aliphatic rings. The summed E-state index contributed by atoms with van der Waals surface area (Å²) in [7, 11) is 1.63. The molecule has 1 amide bonds. The third kappa shape index (κ3) is 6.03. The van der Waals surface area contributed by atoms with Gasteiger partial charge in [0.2, 0.25) is 5.91 Å². The summed E-state index contributed by atoms with van der Waals surface area (Å²) in [5.41, 5.74) is 5.23. The van der Waals surface area contributed by atoms with E-state index >= 15 is 0 Å². The minimum absolute atomic E-state index is 0. The largest absolute Gasteiger partial charge is 0.497 e. The first-order valence-electron chi connectivity index (χ1n) is 6.21. The van der Waals surface area contributed by atoms with Crippen molar-refractivity contribution >= 4 is 30.1 Å². The molecule has 0 aromatic heterocycles. The molecule has 0 saturated heterocycles. The van der Waals surface area contributed by atoms with Gasteiger partial charge in [-0.05, 0) is 45.0 Å². The molecule has 0 bridgehead atoms. The first kappa shape index (κ1) is 19.1. The Morgan fingerprint density at radius 3 is 2.40 bits per heavy atom. The Balaban J connectivity index is 0.00000361. The average Bonchev–Trinajstić information content (AvgIpc) is 2.39. The van der Waals surface area contributed by atoms with Gasteiger partial charge in [0.25, 0.3) is 0 Å². The molecule has 1 atom stereocenters. The molecule has 1 aromatic rings. The Morgan fingerprint density at radius 1 is 1.40 bits per heavy atom. The lowest BCUT2D eigenvalue weighted by Crippen LogP contribution is -2.51. The van der Waals surface area contributed by atoms with Gasteiger partial charge < -0.3 is 15.8 Å². The fourth-order valence-electron chi connectivity index (χ4n) is 1.40. The van der Waals surface area contributed by atoms with Crippen LogP contribution in [0.15, 0.2) is 29.2 Å². The van der Waals surface area contributed by atoms with Gasteiger partial charge in [0.05, 0.1) is 12.4 Å². The normalized spacial score (nSPS) is 12.2. The molecule has 114 valence electrons. The number of carbonyl (C=O) groups excluding carboxylic acids is 1. The predicted molar refractivity (Wildman–Crippen MR) is 86.8 cm³/mol. The van der Waals surface area contributed by atoms with E-state index in [1.807, 2.05) is 45.0 Å². The highest BCUT2D eigenvalue weighted by molar-refractivity contribution is 8.00. The molecule has 20 heavy (non-hydrogen) atoms. The fraction of sp³-hybridized carbons (Fsp3) is 0.500. The lowest BCUT2D eigenvalue weighted by Gasteiger charge is -2.26. The number of thioether (sulfide) groups is 1. The van der Waals surface area contributed by atoms with Crippen molar-refractivity contribution in [1.29, 1.82) is 0 Å². The van der Waals surface area contributed by atoms with Crippen molar-refractivity contribution in [2.45, 2.75) is 36.5 Å². The van der Waals surface area contributed by atoms with E-state index in [-0.39, 0.29) is 29.1 Å². The fourth-order valence-corrected chi connectivity index (χ4v) is 2.27. The summed E-state index contributed by atoms with van der Waals surface area (Å²) >= 11 is 1.51. The quantitative estimate of drug-likeness (QED) is 0.791. The standard InChI is InChI=1S/C14H22N2O2S.ClH/c1-10(13(17)16-14(2,3)9-15)19-12-7-5-11(18-4)6-8-12;/h5-8,10H,9,15H2,1-4H3,(H,16,17);1H. The van der Waals surface area contributed by atoms with Gasteiger partial charge in [-0.15, -0.1) is 24.2 Å². The second-order valence-corrected chi connectivity index (χ2v) is 6.43. The molecule has 0 aliphatic carbocycles. The zero-order valence-corrected chi connectivity index (χ0v) is 13.9. The number of ether oxygens (including phenoxy) is 1. The zero-order valence-electron chi connectivity index (χ0n) is 12.3. The maximum absolute atomic E-state index is 12.0. The Morgan fingerprint density at radius 2 is 1.95 bits per heavy atom. The number of hydrogen-bond acceptors (Lipinski definition) is 4. The third-order valence-corrected chi connectivity index (χ3v) is 3.83. The van der Waals surface area contributed by atoms with Crippen LogP contribution in [0, 0.1) is 0 Å². The Hall–Kier alpha value is -0.910. The number of nitrogens with two attached hydrogens (primary N) is 1. The minimum atomic E-state index is -0.369. The van der Waals surface area contributed by atoms with Crippen LogP contribution in [-0.2, 0) is 4.79 Å². The van der Waals surface area contributed by atoms with Gasteiger partial charge >= 0.3 is 0 Å². The van der Waals surface area contributed by atoms with E-state index in [0.717, 1.165) is 10.6 Å². The summed E-state index contributed by atoms with van der Waals surface area (Å²) in [5.74, 6) is 0.807. The van der Waals surface area contributed by atoms with E-state index in [1.54, 1.807) is 7.11 Å². The van der Waals surface area contributed by atoms with Gasteiger partial charge in [0, 0.05) is 17.0 Å². The number of methoxy groups -OCH3 is 1. The van der Waals surface area contributed by atoms with E-state index < -0.39 is 0 Å². The first-order chi connectivity index (χ1) is 8.88. The molecule has 0 aliphatic heterocycles. The minimum Gasteiger partial charge on any atom is -0.497 e. The molecular weight excluding hydrogens is 296 g/mol. The van der Waals surface area contributed by atoms with Crippen LogP contribution < -0.4 is 15.8 Å². The van der Waals surface area contributed by atoms with Crippen LogP contribution in [0.3, 0.4) is 0 Å².